The summed E-state index contributed by atoms with van der Waals surface area (Å²) in [5.74, 6) is -0.311. The fraction of sp³-hybridized carbons (Fsp3) is 0.333. The Bertz CT molecular complexity index is 1290. The molecule has 0 bridgehead atoms. The molecule has 2 heterocycles. The van der Waals surface area contributed by atoms with E-state index < -0.39 is 35.7 Å². The molecule has 2 aromatic carbocycles. The number of rotatable bonds is 11. The van der Waals surface area contributed by atoms with Crippen molar-refractivity contribution in [3.63, 3.8) is 0 Å². The molecular weight excluding hydrogens is 517 g/mol. The van der Waals surface area contributed by atoms with Gasteiger partial charge in [-0.05, 0) is 61.2 Å². The first-order chi connectivity index (χ1) is 18.6. The number of benzene rings is 2. The Kier molecular flexibility index (Phi) is 8.46. The maximum absolute atomic E-state index is 14.0. The van der Waals surface area contributed by atoms with Gasteiger partial charge in [-0.3, -0.25) is 4.79 Å². The first-order valence-corrected chi connectivity index (χ1v) is 12.1. The molecule has 0 radical (unpaired) electrons. The molecule has 0 spiro atoms. The predicted molar refractivity (Wildman–Crippen MR) is 138 cm³/mol. The van der Waals surface area contributed by atoms with Crippen LogP contribution in [0.25, 0.3) is 0 Å². The number of carbonyl (C=O) groups excluding carboxylic acids is 1. The summed E-state index contributed by atoms with van der Waals surface area (Å²) in [6.45, 7) is 2.43. The minimum atomic E-state index is -4.77. The summed E-state index contributed by atoms with van der Waals surface area (Å²) in [6.07, 6.45) is 0.251. The Morgan fingerprint density at radius 3 is 2.67 bits per heavy atom. The van der Waals surface area contributed by atoms with Crippen molar-refractivity contribution >= 4 is 11.7 Å². The number of methoxy groups -OCH3 is 1. The standard InChI is InChI=1S/C27H29F3N4O5/c1-16(15-36-3)37-19-11-18(24-25(39-24)33-23(31)7-8-32-2)12-20(14-19)38-22-6-5-17(13-21(22)27(28,29)30)26(35)34-9-4-10-34/h4-9,11-14,16,24-25,32H,10,15H2,1-3H3,(H2,31,33)/b8-7-/t16-,24?,25?/m0/s1. The summed E-state index contributed by atoms with van der Waals surface area (Å²) in [5.41, 5.74) is 5.28. The van der Waals surface area contributed by atoms with E-state index in [1.165, 1.54) is 30.3 Å². The average Bonchev–Trinajstić information content (AvgIpc) is 3.60. The van der Waals surface area contributed by atoms with Crippen molar-refractivity contribution in [2.24, 2.45) is 10.7 Å². The van der Waals surface area contributed by atoms with Crippen molar-refractivity contribution in [2.45, 2.75) is 31.5 Å². The van der Waals surface area contributed by atoms with Gasteiger partial charge in [-0.25, -0.2) is 4.99 Å². The topological polar surface area (TPSA) is 111 Å². The number of nitrogens with one attached hydrogen (secondary N) is 1. The van der Waals surface area contributed by atoms with Crippen LogP contribution in [0.2, 0.25) is 0 Å². The number of amides is 1. The Morgan fingerprint density at radius 2 is 2.03 bits per heavy atom. The molecule has 1 fully saturated rings. The Balaban J connectivity index is 1.64. The van der Waals surface area contributed by atoms with Crippen LogP contribution in [0.5, 0.6) is 17.2 Å². The molecule has 208 valence electrons. The van der Waals surface area contributed by atoms with Crippen molar-refractivity contribution in [2.75, 3.05) is 27.3 Å². The summed E-state index contributed by atoms with van der Waals surface area (Å²) in [4.78, 5) is 18.1. The molecule has 2 aromatic rings. The molecule has 12 heteroatoms. The largest absolute Gasteiger partial charge is 0.488 e. The van der Waals surface area contributed by atoms with Gasteiger partial charge in [0.2, 0.25) is 0 Å². The number of amidine groups is 1. The first-order valence-electron chi connectivity index (χ1n) is 12.1. The third-order valence-corrected chi connectivity index (χ3v) is 5.74. The fourth-order valence-electron chi connectivity index (χ4n) is 3.82. The Hall–Kier alpha value is -4.03. The molecule has 0 aliphatic carbocycles. The third kappa shape index (κ3) is 7.09. The maximum atomic E-state index is 14.0. The van der Waals surface area contributed by atoms with Gasteiger partial charge in [0.05, 0.1) is 12.2 Å². The van der Waals surface area contributed by atoms with Gasteiger partial charge in [0.25, 0.3) is 5.91 Å². The number of alkyl halides is 3. The number of ether oxygens (including phenoxy) is 4. The number of halogens is 3. The molecule has 2 aliphatic rings. The van der Waals surface area contributed by atoms with Gasteiger partial charge in [-0.1, -0.05) is 0 Å². The van der Waals surface area contributed by atoms with E-state index in [-0.39, 0.29) is 23.3 Å². The number of nitrogens with two attached hydrogens (primary N) is 1. The molecule has 0 aromatic heterocycles. The van der Waals surface area contributed by atoms with E-state index in [0.29, 0.717) is 24.5 Å². The highest BCUT2D eigenvalue weighted by Gasteiger charge is 2.41. The van der Waals surface area contributed by atoms with Crippen LogP contribution < -0.4 is 20.5 Å². The highest BCUT2D eigenvalue weighted by atomic mass is 19.4. The second-order valence-electron chi connectivity index (χ2n) is 8.90. The number of carbonyl (C=O) groups is 1. The fourth-order valence-corrected chi connectivity index (χ4v) is 3.82. The van der Waals surface area contributed by atoms with E-state index in [9.17, 15) is 18.0 Å². The van der Waals surface area contributed by atoms with Crippen LogP contribution in [0.4, 0.5) is 13.2 Å². The number of aliphatic imine (C=N–C) groups is 1. The van der Waals surface area contributed by atoms with Crippen LogP contribution >= 0.6 is 0 Å². The molecule has 4 rings (SSSR count). The summed E-state index contributed by atoms with van der Waals surface area (Å²) < 4.78 is 64.4. The summed E-state index contributed by atoms with van der Waals surface area (Å²) in [6, 6.07) is 7.96. The number of hydrogen-bond donors (Lipinski definition) is 2. The normalized spacial score (nSPS) is 19.5. The van der Waals surface area contributed by atoms with Crippen LogP contribution in [0.1, 0.15) is 34.5 Å². The molecule has 1 amide bonds. The lowest BCUT2D eigenvalue weighted by Crippen LogP contribution is -2.31. The first kappa shape index (κ1) is 28.0. The van der Waals surface area contributed by atoms with Crippen molar-refractivity contribution in [3.05, 3.63) is 77.6 Å². The monoisotopic (exact) mass is 546 g/mol. The van der Waals surface area contributed by atoms with E-state index >= 15 is 0 Å². The van der Waals surface area contributed by atoms with Gasteiger partial charge < -0.3 is 34.9 Å². The second-order valence-corrected chi connectivity index (χ2v) is 8.90. The average molecular weight is 547 g/mol. The summed E-state index contributed by atoms with van der Waals surface area (Å²) in [5, 5.41) is 2.81. The zero-order valence-electron chi connectivity index (χ0n) is 21.6. The van der Waals surface area contributed by atoms with E-state index in [2.05, 4.69) is 10.3 Å². The molecule has 9 nitrogen and oxygen atoms in total. The lowest BCUT2D eigenvalue weighted by atomic mass is 10.1. The van der Waals surface area contributed by atoms with Crippen LogP contribution in [-0.4, -0.2) is 56.3 Å². The van der Waals surface area contributed by atoms with Crippen LogP contribution in [0.3, 0.4) is 0 Å². The van der Waals surface area contributed by atoms with Crippen molar-refractivity contribution < 1.29 is 36.9 Å². The number of hydrogen-bond acceptors (Lipinski definition) is 7. The molecule has 1 saturated heterocycles. The minimum Gasteiger partial charge on any atom is -0.488 e. The highest BCUT2D eigenvalue weighted by molar-refractivity contribution is 5.96. The minimum absolute atomic E-state index is 0.0867. The van der Waals surface area contributed by atoms with E-state index in [4.69, 9.17) is 24.7 Å². The molecule has 2 aliphatic heterocycles. The van der Waals surface area contributed by atoms with Crippen molar-refractivity contribution in [1.29, 1.82) is 0 Å². The number of nitrogens with zero attached hydrogens (tertiary/aromatic N) is 2. The zero-order chi connectivity index (χ0) is 28.2. The van der Waals surface area contributed by atoms with Crippen molar-refractivity contribution in [1.82, 2.24) is 10.2 Å². The van der Waals surface area contributed by atoms with Gasteiger partial charge in [0.15, 0.2) is 6.23 Å². The summed E-state index contributed by atoms with van der Waals surface area (Å²) >= 11 is 0. The SMILES string of the molecule is CN/C=C\C(N)=NC1OC1c1cc(Oc2ccc(C(=O)N3C=CC3)cc2C(F)(F)F)cc(O[C@@H](C)COC)c1. The van der Waals surface area contributed by atoms with Crippen LogP contribution in [0.15, 0.2) is 65.9 Å². The van der Waals surface area contributed by atoms with E-state index in [1.807, 2.05) is 0 Å². The van der Waals surface area contributed by atoms with Gasteiger partial charge in [-0.15, -0.1) is 0 Å². The molecule has 3 atom stereocenters. The third-order valence-electron chi connectivity index (χ3n) is 5.74. The zero-order valence-corrected chi connectivity index (χ0v) is 21.6. The predicted octanol–water partition coefficient (Wildman–Crippen LogP) is 4.37. The quantitative estimate of drug-likeness (QED) is 0.245. The summed E-state index contributed by atoms with van der Waals surface area (Å²) in [7, 11) is 3.25. The van der Waals surface area contributed by atoms with Gasteiger partial charge >= 0.3 is 6.18 Å². The Morgan fingerprint density at radius 1 is 1.28 bits per heavy atom. The molecular formula is C27H29F3N4O5. The molecule has 3 N–H and O–H groups in total. The molecule has 0 saturated carbocycles. The van der Waals surface area contributed by atoms with Gasteiger partial charge in [0.1, 0.15) is 35.3 Å². The van der Waals surface area contributed by atoms with Gasteiger partial charge in [0, 0.05) is 38.5 Å². The highest BCUT2D eigenvalue weighted by Crippen LogP contribution is 2.44. The maximum Gasteiger partial charge on any atom is 0.420 e. The van der Waals surface area contributed by atoms with Gasteiger partial charge in [-0.2, -0.15) is 13.2 Å². The lowest BCUT2D eigenvalue weighted by Gasteiger charge is -2.23. The van der Waals surface area contributed by atoms with Crippen LogP contribution in [-0.2, 0) is 15.7 Å². The smallest absolute Gasteiger partial charge is 0.420 e. The molecule has 2 unspecified atom stereocenters. The van der Waals surface area contributed by atoms with Crippen LogP contribution in [0, 0.1) is 0 Å². The Labute approximate surface area is 223 Å². The van der Waals surface area contributed by atoms with Crippen molar-refractivity contribution in [3.8, 4) is 17.2 Å². The second kappa shape index (κ2) is 11.8. The lowest BCUT2D eigenvalue weighted by molar-refractivity contribution is -0.138. The molecule has 39 heavy (non-hydrogen) atoms. The van der Waals surface area contributed by atoms with E-state index in [0.717, 1.165) is 12.1 Å². The van der Waals surface area contributed by atoms with E-state index in [1.54, 1.807) is 44.5 Å². The number of epoxide rings is 1.